The van der Waals surface area contributed by atoms with E-state index in [1.54, 1.807) is 0 Å². The minimum Gasteiger partial charge on any atom is -0.339 e. The zero-order chi connectivity index (χ0) is 21.9. The molecule has 1 amide bonds. The first-order valence-electron chi connectivity index (χ1n) is 13.0. The van der Waals surface area contributed by atoms with Gasteiger partial charge in [0.25, 0.3) is 5.91 Å². The molecule has 1 rings (SSSR count). The fourth-order valence-electron chi connectivity index (χ4n) is 4.15. The lowest BCUT2D eigenvalue weighted by molar-refractivity contribution is 0.0749. The average Bonchev–Trinajstić information content (AvgIpc) is 2.75. The van der Waals surface area contributed by atoms with Crippen molar-refractivity contribution >= 4 is 5.91 Å². The third-order valence-corrected chi connectivity index (χ3v) is 6.12. The van der Waals surface area contributed by atoms with Gasteiger partial charge in [0.05, 0.1) is 0 Å². The standard InChI is InChI=1S/C28H49NO/c1-4-6-8-10-12-14-16-18-23-29(24-19-17-15-13-11-9-7-5-2)28(30)27-22-20-21-26(3)25-27/h20-22,25H,4-19,23-24H2,1-3H3. The highest BCUT2D eigenvalue weighted by Gasteiger charge is 2.15. The van der Waals surface area contributed by atoms with Crippen molar-refractivity contribution in [2.24, 2.45) is 0 Å². The Hall–Kier alpha value is -1.31. The number of aryl methyl sites for hydroxylation is 1. The molecule has 0 heterocycles. The monoisotopic (exact) mass is 415 g/mol. The van der Waals surface area contributed by atoms with Gasteiger partial charge in [0.15, 0.2) is 0 Å². The van der Waals surface area contributed by atoms with Gasteiger partial charge in [0.1, 0.15) is 0 Å². The molecule has 0 saturated heterocycles. The van der Waals surface area contributed by atoms with Gasteiger partial charge in [-0.05, 0) is 31.9 Å². The quantitative estimate of drug-likeness (QED) is 0.207. The second kappa shape index (κ2) is 18.5. The third kappa shape index (κ3) is 13.1. The molecule has 2 nitrogen and oxygen atoms in total. The number of carbonyl (C=O) groups excluding carboxylic acids is 1. The summed E-state index contributed by atoms with van der Waals surface area (Å²) < 4.78 is 0. The zero-order valence-corrected chi connectivity index (χ0v) is 20.4. The Kier molecular flexibility index (Phi) is 16.4. The van der Waals surface area contributed by atoms with Crippen LogP contribution in [0.1, 0.15) is 133 Å². The summed E-state index contributed by atoms with van der Waals surface area (Å²) in [5.74, 6) is 0.226. The number of hydrogen-bond acceptors (Lipinski definition) is 1. The van der Waals surface area contributed by atoms with E-state index in [4.69, 9.17) is 0 Å². The van der Waals surface area contributed by atoms with Gasteiger partial charge in [-0.3, -0.25) is 4.79 Å². The van der Waals surface area contributed by atoms with Crippen molar-refractivity contribution in [2.75, 3.05) is 13.1 Å². The van der Waals surface area contributed by atoms with Crippen LogP contribution in [0.4, 0.5) is 0 Å². The van der Waals surface area contributed by atoms with Crippen LogP contribution in [-0.4, -0.2) is 23.9 Å². The molecule has 30 heavy (non-hydrogen) atoms. The van der Waals surface area contributed by atoms with Gasteiger partial charge in [-0.2, -0.15) is 0 Å². The molecule has 172 valence electrons. The van der Waals surface area contributed by atoms with Crippen LogP contribution in [0.15, 0.2) is 24.3 Å². The predicted octanol–water partition coefficient (Wildman–Crippen LogP) is 8.72. The summed E-state index contributed by atoms with van der Waals surface area (Å²) in [5.41, 5.74) is 2.02. The Labute approximate surface area is 187 Å². The molecule has 0 aromatic heterocycles. The highest BCUT2D eigenvalue weighted by molar-refractivity contribution is 5.94. The maximum absolute atomic E-state index is 13.1. The number of amides is 1. The van der Waals surface area contributed by atoms with Crippen molar-refractivity contribution < 1.29 is 4.79 Å². The van der Waals surface area contributed by atoms with Crippen LogP contribution in [0, 0.1) is 6.92 Å². The third-order valence-electron chi connectivity index (χ3n) is 6.12. The topological polar surface area (TPSA) is 20.3 Å². The maximum Gasteiger partial charge on any atom is 0.253 e. The molecule has 0 aliphatic carbocycles. The first-order valence-corrected chi connectivity index (χ1v) is 13.0. The first kappa shape index (κ1) is 26.7. The van der Waals surface area contributed by atoms with E-state index >= 15 is 0 Å². The zero-order valence-electron chi connectivity index (χ0n) is 20.4. The van der Waals surface area contributed by atoms with E-state index in [0.29, 0.717) is 0 Å². The van der Waals surface area contributed by atoms with Gasteiger partial charge in [0.2, 0.25) is 0 Å². The van der Waals surface area contributed by atoms with E-state index in [0.717, 1.165) is 31.5 Å². The molecule has 0 aliphatic rings. The minimum atomic E-state index is 0.226. The van der Waals surface area contributed by atoms with Gasteiger partial charge in [-0.15, -0.1) is 0 Å². The van der Waals surface area contributed by atoms with Crippen LogP contribution in [0.3, 0.4) is 0 Å². The second-order valence-electron chi connectivity index (χ2n) is 9.11. The van der Waals surface area contributed by atoms with Crippen LogP contribution >= 0.6 is 0 Å². The summed E-state index contributed by atoms with van der Waals surface area (Å²) >= 11 is 0. The summed E-state index contributed by atoms with van der Waals surface area (Å²) in [5, 5.41) is 0. The van der Waals surface area contributed by atoms with Gasteiger partial charge in [-0.25, -0.2) is 0 Å². The number of rotatable bonds is 19. The molecular formula is C28H49NO. The van der Waals surface area contributed by atoms with E-state index in [9.17, 15) is 4.79 Å². The summed E-state index contributed by atoms with van der Waals surface area (Å²) in [7, 11) is 0. The molecule has 0 unspecified atom stereocenters. The second-order valence-corrected chi connectivity index (χ2v) is 9.11. The molecular weight excluding hydrogens is 366 g/mol. The van der Waals surface area contributed by atoms with Crippen molar-refractivity contribution in [2.45, 2.75) is 124 Å². The molecule has 0 N–H and O–H groups in total. The van der Waals surface area contributed by atoms with Crippen molar-refractivity contribution in [3.8, 4) is 0 Å². The molecule has 1 aromatic rings. The van der Waals surface area contributed by atoms with E-state index in [1.165, 1.54) is 95.5 Å². The van der Waals surface area contributed by atoms with Crippen LogP contribution < -0.4 is 0 Å². The SMILES string of the molecule is CCCCCCCCCCN(CCCCCCCCCC)C(=O)c1cccc(C)c1. The fraction of sp³-hybridized carbons (Fsp3) is 0.750. The Morgan fingerprint density at radius 1 is 0.667 bits per heavy atom. The average molecular weight is 416 g/mol. The molecule has 1 aromatic carbocycles. The van der Waals surface area contributed by atoms with Crippen LogP contribution in [0.25, 0.3) is 0 Å². The maximum atomic E-state index is 13.1. The smallest absolute Gasteiger partial charge is 0.253 e. The lowest BCUT2D eigenvalue weighted by atomic mass is 10.1. The van der Waals surface area contributed by atoms with E-state index in [-0.39, 0.29) is 5.91 Å². The number of nitrogens with zero attached hydrogens (tertiary/aromatic N) is 1. The Balaban J connectivity index is 2.37. The summed E-state index contributed by atoms with van der Waals surface area (Å²) in [6, 6.07) is 8.09. The molecule has 0 aliphatic heterocycles. The van der Waals surface area contributed by atoms with Crippen LogP contribution in [0.5, 0.6) is 0 Å². The number of benzene rings is 1. The molecule has 0 atom stereocenters. The number of hydrogen-bond donors (Lipinski definition) is 0. The molecule has 0 fully saturated rings. The summed E-state index contributed by atoms with van der Waals surface area (Å²) in [6.07, 6.45) is 21.0. The van der Waals surface area contributed by atoms with Gasteiger partial charge < -0.3 is 4.90 Å². The number of unbranched alkanes of at least 4 members (excludes halogenated alkanes) is 14. The van der Waals surface area contributed by atoms with Crippen molar-refractivity contribution in [1.29, 1.82) is 0 Å². The largest absolute Gasteiger partial charge is 0.339 e. The van der Waals surface area contributed by atoms with E-state index in [1.807, 2.05) is 18.2 Å². The van der Waals surface area contributed by atoms with Crippen molar-refractivity contribution in [3.05, 3.63) is 35.4 Å². The predicted molar refractivity (Wildman–Crippen MR) is 132 cm³/mol. The van der Waals surface area contributed by atoms with Gasteiger partial charge in [-0.1, -0.05) is 121 Å². The van der Waals surface area contributed by atoms with E-state index in [2.05, 4.69) is 31.7 Å². The van der Waals surface area contributed by atoms with Crippen molar-refractivity contribution in [3.63, 3.8) is 0 Å². The first-order chi connectivity index (χ1) is 14.7. The van der Waals surface area contributed by atoms with Crippen LogP contribution in [-0.2, 0) is 0 Å². The Bertz CT molecular complexity index is 519. The molecule has 0 radical (unpaired) electrons. The normalized spacial score (nSPS) is 11.0. The summed E-state index contributed by atoms with van der Waals surface area (Å²) in [4.78, 5) is 15.2. The molecule has 0 bridgehead atoms. The van der Waals surface area contributed by atoms with Crippen LogP contribution in [0.2, 0.25) is 0 Å². The van der Waals surface area contributed by atoms with Gasteiger partial charge in [0, 0.05) is 18.7 Å². The Morgan fingerprint density at radius 3 is 1.53 bits per heavy atom. The number of carbonyl (C=O) groups is 1. The van der Waals surface area contributed by atoms with Crippen molar-refractivity contribution in [1.82, 2.24) is 4.90 Å². The minimum absolute atomic E-state index is 0.226. The van der Waals surface area contributed by atoms with E-state index < -0.39 is 0 Å². The Morgan fingerprint density at radius 2 is 1.10 bits per heavy atom. The lowest BCUT2D eigenvalue weighted by Crippen LogP contribution is -2.33. The summed E-state index contributed by atoms with van der Waals surface area (Å²) in [6.45, 7) is 8.44. The highest BCUT2D eigenvalue weighted by atomic mass is 16.2. The molecule has 2 heteroatoms. The molecule has 0 saturated carbocycles. The lowest BCUT2D eigenvalue weighted by Gasteiger charge is -2.23. The fourth-order valence-corrected chi connectivity index (χ4v) is 4.15. The highest BCUT2D eigenvalue weighted by Crippen LogP contribution is 2.14. The molecule has 0 spiro atoms. The van der Waals surface area contributed by atoms with Gasteiger partial charge >= 0.3 is 0 Å².